The largest absolute Gasteiger partial charge is 0.355 e. The Morgan fingerprint density at radius 3 is 2.87 bits per heavy atom. The van der Waals surface area contributed by atoms with E-state index in [4.69, 9.17) is 5.73 Å². The second-order valence-corrected chi connectivity index (χ2v) is 4.14. The molecule has 0 spiro atoms. The maximum absolute atomic E-state index is 5.74. The third-order valence-electron chi connectivity index (χ3n) is 2.94. The van der Waals surface area contributed by atoms with Crippen LogP contribution in [-0.2, 0) is 0 Å². The molecule has 3 nitrogen and oxygen atoms in total. The van der Waals surface area contributed by atoms with Crippen LogP contribution >= 0.6 is 0 Å². The number of nitrogens with one attached hydrogen (secondary N) is 1. The van der Waals surface area contributed by atoms with Crippen LogP contribution in [0.4, 0.5) is 0 Å². The number of nitrogens with two attached hydrogens (primary N) is 1. The predicted octanol–water partition coefficient (Wildman–Crippen LogP) is 1.55. The van der Waals surface area contributed by atoms with Gasteiger partial charge in [-0.3, -0.25) is 10.7 Å². The molecule has 0 aromatic rings. The fourth-order valence-electron chi connectivity index (χ4n) is 2.21. The Bertz CT molecular complexity index is 363. The van der Waals surface area contributed by atoms with E-state index >= 15 is 0 Å². The predicted molar refractivity (Wildman–Crippen MR) is 63.2 cm³/mol. The molecule has 0 bridgehead atoms. The first kappa shape index (κ1) is 10.2. The van der Waals surface area contributed by atoms with Crippen molar-refractivity contribution in [1.29, 1.82) is 0 Å². The molecule has 3 unspecified atom stereocenters. The van der Waals surface area contributed by atoms with Crippen molar-refractivity contribution in [2.45, 2.75) is 20.1 Å². The maximum atomic E-state index is 5.74. The van der Waals surface area contributed by atoms with Crippen molar-refractivity contribution in [3.8, 4) is 0 Å². The van der Waals surface area contributed by atoms with Gasteiger partial charge in [0.15, 0.2) is 6.29 Å². The average molecular weight is 203 g/mol. The topological polar surface area (TPSA) is 50.4 Å². The van der Waals surface area contributed by atoms with Gasteiger partial charge in [0.2, 0.25) is 0 Å². The SMILES string of the molecule is CC1=CC=CC(C)C1C1=CC=NC(N)N1. The summed E-state index contributed by atoms with van der Waals surface area (Å²) in [6.07, 6.45) is 10.0. The van der Waals surface area contributed by atoms with Crippen molar-refractivity contribution in [1.82, 2.24) is 5.32 Å². The Kier molecular flexibility index (Phi) is 2.73. The van der Waals surface area contributed by atoms with Gasteiger partial charge in [-0.2, -0.15) is 0 Å². The second kappa shape index (κ2) is 4.03. The Morgan fingerprint density at radius 2 is 2.20 bits per heavy atom. The summed E-state index contributed by atoms with van der Waals surface area (Å²) in [5, 5.41) is 3.21. The van der Waals surface area contributed by atoms with E-state index in [1.54, 1.807) is 6.21 Å². The molecule has 3 N–H and O–H groups in total. The number of hydrogen-bond donors (Lipinski definition) is 2. The maximum Gasteiger partial charge on any atom is 0.170 e. The van der Waals surface area contributed by atoms with Crippen molar-refractivity contribution in [3.63, 3.8) is 0 Å². The van der Waals surface area contributed by atoms with Gasteiger partial charge in [0.25, 0.3) is 0 Å². The van der Waals surface area contributed by atoms with E-state index in [0.29, 0.717) is 11.8 Å². The van der Waals surface area contributed by atoms with Crippen LogP contribution in [-0.4, -0.2) is 12.5 Å². The molecule has 2 rings (SSSR count). The highest BCUT2D eigenvalue weighted by Gasteiger charge is 2.24. The molecule has 1 aliphatic carbocycles. The van der Waals surface area contributed by atoms with Crippen LogP contribution in [0, 0.1) is 11.8 Å². The van der Waals surface area contributed by atoms with Gasteiger partial charge in [-0.1, -0.05) is 30.7 Å². The lowest BCUT2D eigenvalue weighted by atomic mass is 9.81. The molecule has 0 saturated carbocycles. The number of nitrogens with zero attached hydrogens (tertiary/aromatic N) is 1. The summed E-state index contributed by atoms with van der Waals surface area (Å²) in [4.78, 5) is 4.05. The van der Waals surface area contributed by atoms with Crippen LogP contribution in [0.25, 0.3) is 0 Å². The van der Waals surface area contributed by atoms with Crippen LogP contribution in [0.3, 0.4) is 0 Å². The van der Waals surface area contributed by atoms with Crippen molar-refractivity contribution in [2.75, 3.05) is 0 Å². The second-order valence-electron chi connectivity index (χ2n) is 4.14. The number of aliphatic imine (C=N–C) groups is 1. The molecule has 0 aromatic heterocycles. The molecule has 0 radical (unpaired) electrons. The van der Waals surface area contributed by atoms with Crippen molar-refractivity contribution in [2.24, 2.45) is 22.6 Å². The van der Waals surface area contributed by atoms with Crippen LogP contribution in [0.1, 0.15) is 13.8 Å². The number of rotatable bonds is 1. The lowest BCUT2D eigenvalue weighted by molar-refractivity contribution is 0.476. The van der Waals surface area contributed by atoms with Crippen LogP contribution in [0.15, 0.2) is 40.6 Å². The quantitative estimate of drug-likeness (QED) is 0.679. The minimum absolute atomic E-state index is 0.295. The first-order valence-corrected chi connectivity index (χ1v) is 5.29. The van der Waals surface area contributed by atoms with Crippen LogP contribution in [0.5, 0.6) is 0 Å². The molecular formula is C12H17N3. The smallest absolute Gasteiger partial charge is 0.170 e. The van der Waals surface area contributed by atoms with Crippen molar-refractivity contribution < 1.29 is 0 Å². The standard InChI is InChI=1S/C12H17N3/c1-8-4-3-5-9(2)11(8)10-6-7-14-12(13)15-10/h3-8,11-12,15H,13H2,1-2H3. The van der Waals surface area contributed by atoms with Gasteiger partial charge in [-0.15, -0.1) is 0 Å². The van der Waals surface area contributed by atoms with Gasteiger partial charge in [-0.25, -0.2) is 0 Å². The Hall–Kier alpha value is -1.35. The molecule has 3 heteroatoms. The highest BCUT2D eigenvalue weighted by atomic mass is 15.2. The van der Waals surface area contributed by atoms with Crippen LogP contribution in [0.2, 0.25) is 0 Å². The van der Waals surface area contributed by atoms with Gasteiger partial charge in [0.1, 0.15) is 0 Å². The molecule has 1 heterocycles. The Morgan fingerprint density at radius 1 is 1.40 bits per heavy atom. The van der Waals surface area contributed by atoms with E-state index in [1.165, 1.54) is 11.3 Å². The van der Waals surface area contributed by atoms with E-state index in [2.05, 4.69) is 42.4 Å². The molecule has 80 valence electrons. The molecule has 2 aliphatic rings. The summed E-state index contributed by atoms with van der Waals surface area (Å²) in [5.74, 6) is 0.917. The summed E-state index contributed by atoms with van der Waals surface area (Å²) in [5.41, 5.74) is 8.27. The number of allylic oxidation sites excluding steroid dienone is 5. The van der Waals surface area contributed by atoms with Gasteiger partial charge in [-0.05, 0) is 18.9 Å². The normalized spacial score (nSPS) is 34.5. The lowest BCUT2D eigenvalue weighted by Gasteiger charge is -2.30. The average Bonchev–Trinajstić information content (AvgIpc) is 2.17. The van der Waals surface area contributed by atoms with Crippen molar-refractivity contribution >= 4 is 6.21 Å². The van der Waals surface area contributed by atoms with Gasteiger partial charge >= 0.3 is 0 Å². The van der Waals surface area contributed by atoms with E-state index in [-0.39, 0.29) is 6.29 Å². The highest BCUT2D eigenvalue weighted by molar-refractivity contribution is 5.73. The van der Waals surface area contributed by atoms with Crippen LogP contribution < -0.4 is 11.1 Å². The summed E-state index contributed by atoms with van der Waals surface area (Å²) in [6, 6.07) is 0. The minimum Gasteiger partial charge on any atom is -0.355 e. The monoisotopic (exact) mass is 203 g/mol. The molecule has 15 heavy (non-hydrogen) atoms. The third kappa shape index (κ3) is 2.02. The van der Waals surface area contributed by atoms with E-state index < -0.39 is 0 Å². The summed E-state index contributed by atoms with van der Waals surface area (Å²) >= 11 is 0. The summed E-state index contributed by atoms with van der Waals surface area (Å²) in [7, 11) is 0. The van der Waals surface area contributed by atoms with Gasteiger partial charge < -0.3 is 5.32 Å². The Labute approximate surface area is 90.5 Å². The van der Waals surface area contributed by atoms with Crippen molar-refractivity contribution in [3.05, 3.63) is 35.6 Å². The third-order valence-corrected chi connectivity index (χ3v) is 2.94. The van der Waals surface area contributed by atoms with Gasteiger partial charge in [0.05, 0.1) is 0 Å². The molecule has 0 amide bonds. The van der Waals surface area contributed by atoms with E-state index in [1.807, 2.05) is 6.08 Å². The first-order valence-electron chi connectivity index (χ1n) is 5.29. The molecule has 0 fully saturated rings. The molecule has 0 aromatic carbocycles. The highest BCUT2D eigenvalue weighted by Crippen LogP contribution is 2.31. The fourth-order valence-corrected chi connectivity index (χ4v) is 2.21. The van der Waals surface area contributed by atoms with E-state index in [9.17, 15) is 0 Å². The zero-order valence-corrected chi connectivity index (χ0v) is 9.14. The fraction of sp³-hybridized carbons (Fsp3) is 0.417. The zero-order chi connectivity index (χ0) is 10.8. The zero-order valence-electron chi connectivity index (χ0n) is 9.14. The van der Waals surface area contributed by atoms with E-state index in [0.717, 1.165) is 0 Å². The molecular weight excluding hydrogens is 186 g/mol. The lowest BCUT2D eigenvalue weighted by Crippen LogP contribution is -2.40. The Balaban J connectivity index is 2.23. The molecule has 3 atom stereocenters. The first-order chi connectivity index (χ1) is 7.18. The minimum atomic E-state index is -0.295. The number of hydrogen-bond acceptors (Lipinski definition) is 3. The summed E-state index contributed by atoms with van der Waals surface area (Å²) in [6.45, 7) is 4.38. The molecule has 1 aliphatic heterocycles. The van der Waals surface area contributed by atoms with Gasteiger partial charge in [0, 0.05) is 17.8 Å². The summed E-state index contributed by atoms with van der Waals surface area (Å²) < 4.78 is 0. The molecule has 0 saturated heterocycles.